The van der Waals surface area contributed by atoms with Crippen molar-refractivity contribution in [1.82, 2.24) is 10.2 Å². The van der Waals surface area contributed by atoms with E-state index in [0.717, 1.165) is 0 Å². The molecule has 0 radical (unpaired) electrons. The molecule has 1 heterocycles. The van der Waals surface area contributed by atoms with Crippen LogP contribution >= 0.6 is 0 Å². The van der Waals surface area contributed by atoms with Crippen LogP contribution in [-0.4, -0.2) is 27.2 Å². The topological polar surface area (TPSA) is 116 Å². The van der Waals surface area contributed by atoms with Crippen LogP contribution in [0.2, 0.25) is 0 Å². The summed E-state index contributed by atoms with van der Waals surface area (Å²) in [5.74, 6) is -0.110. The highest BCUT2D eigenvalue weighted by Gasteiger charge is 2.48. The number of carbonyl (C=O) groups excluding carboxylic acids is 1. The standard InChI is InChI=1S/C17H15N3O4/c1-17(2)15(22)10-4-3-9(8-18)7-11(10)14(16(17)23)24-13-6-5-12(21)19-20-13/h3-7,14,16,23H,1-2H3,(H,19,21)/t14-,16+/m0/s1. The fourth-order valence-electron chi connectivity index (χ4n) is 2.76. The zero-order valence-electron chi connectivity index (χ0n) is 13.1. The summed E-state index contributed by atoms with van der Waals surface area (Å²) in [5.41, 5.74) is -0.253. The summed E-state index contributed by atoms with van der Waals surface area (Å²) in [6.45, 7) is 3.27. The third-order valence-electron chi connectivity index (χ3n) is 4.24. The largest absolute Gasteiger partial charge is 0.466 e. The Bertz CT molecular complexity index is 890. The van der Waals surface area contributed by atoms with E-state index in [9.17, 15) is 14.7 Å². The number of nitrogens with zero attached hydrogens (tertiary/aromatic N) is 2. The zero-order chi connectivity index (χ0) is 17.5. The van der Waals surface area contributed by atoms with Gasteiger partial charge in [-0.2, -0.15) is 5.26 Å². The number of Topliss-reactive ketones (excluding diaryl/α,β-unsaturated/α-hetero) is 1. The van der Waals surface area contributed by atoms with Gasteiger partial charge in [-0.3, -0.25) is 9.59 Å². The van der Waals surface area contributed by atoms with E-state index < -0.39 is 17.6 Å². The number of nitriles is 1. The number of aliphatic hydroxyl groups is 1. The second-order valence-electron chi connectivity index (χ2n) is 6.21. The molecule has 0 saturated carbocycles. The smallest absolute Gasteiger partial charge is 0.264 e. The molecule has 1 aliphatic rings. The minimum absolute atomic E-state index is 0.108. The van der Waals surface area contributed by atoms with Gasteiger partial charge in [0.1, 0.15) is 6.10 Å². The third-order valence-corrected chi connectivity index (χ3v) is 4.24. The molecular formula is C17H15N3O4. The molecular weight excluding hydrogens is 310 g/mol. The van der Waals surface area contributed by atoms with Crippen LogP contribution in [0.25, 0.3) is 0 Å². The first-order valence-electron chi connectivity index (χ1n) is 7.34. The van der Waals surface area contributed by atoms with Gasteiger partial charge in [0.2, 0.25) is 5.88 Å². The Morgan fingerprint density at radius 2 is 2.04 bits per heavy atom. The van der Waals surface area contributed by atoms with E-state index in [2.05, 4.69) is 10.2 Å². The minimum Gasteiger partial charge on any atom is -0.466 e. The van der Waals surface area contributed by atoms with Crippen LogP contribution in [0.3, 0.4) is 0 Å². The molecule has 0 spiro atoms. The van der Waals surface area contributed by atoms with Gasteiger partial charge in [-0.25, -0.2) is 5.10 Å². The lowest BCUT2D eigenvalue weighted by Gasteiger charge is -2.40. The molecule has 1 aromatic carbocycles. The number of aliphatic hydroxyl groups excluding tert-OH is 1. The van der Waals surface area contributed by atoms with Crippen molar-refractivity contribution in [3.05, 3.63) is 57.4 Å². The van der Waals surface area contributed by atoms with Crippen LogP contribution in [0.5, 0.6) is 5.88 Å². The molecule has 2 aromatic rings. The minimum atomic E-state index is -1.14. The van der Waals surface area contributed by atoms with Crippen molar-refractivity contribution in [2.75, 3.05) is 0 Å². The number of aromatic nitrogens is 2. The first-order chi connectivity index (χ1) is 11.3. The molecule has 0 saturated heterocycles. The van der Waals surface area contributed by atoms with Gasteiger partial charge in [0.15, 0.2) is 11.9 Å². The maximum Gasteiger partial charge on any atom is 0.264 e. The highest BCUT2D eigenvalue weighted by molar-refractivity contribution is 6.03. The Kier molecular flexibility index (Phi) is 3.70. The third kappa shape index (κ3) is 2.47. The van der Waals surface area contributed by atoms with Gasteiger partial charge in [0, 0.05) is 23.3 Å². The molecule has 0 bridgehead atoms. The molecule has 0 fully saturated rings. The molecule has 2 N–H and O–H groups in total. The average Bonchev–Trinajstić information content (AvgIpc) is 2.58. The summed E-state index contributed by atoms with van der Waals surface area (Å²) < 4.78 is 5.74. The summed E-state index contributed by atoms with van der Waals surface area (Å²) in [5, 5.41) is 25.8. The summed E-state index contributed by atoms with van der Waals surface area (Å²) in [6.07, 6.45) is -2.03. The van der Waals surface area contributed by atoms with Crippen molar-refractivity contribution in [3.63, 3.8) is 0 Å². The molecule has 7 nitrogen and oxygen atoms in total. The van der Waals surface area contributed by atoms with Gasteiger partial charge in [-0.1, -0.05) is 0 Å². The number of ether oxygens (including phenoxy) is 1. The summed E-state index contributed by atoms with van der Waals surface area (Å²) in [4.78, 5) is 23.7. The predicted octanol–water partition coefficient (Wildman–Crippen LogP) is 1.35. The van der Waals surface area contributed by atoms with Crippen molar-refractivity contribution in [2.45, 2.75) is 26.1 Å². The molecule has 0 aliphatic heterocycles. The quantitative estimate of drug-likeness (QED) is 0.861. The molecule has 1 aromatic heterocycles. The lowest BCUT2D eigenvalue weighted by Crippen LogP contribution is -2.47. The molecule has 0 unspecified atom stereocenters. The van der Waals surface area contributed by atoms with Crippen LogP contribution < -0.4 is 10.3 Å². The maximum atomic E-state index is 12.6. The highest BCUT2D eigenvalue weighted by Crippen LogP contribution is 2.43. The van der Waals surface area contributed by atoms with Crippen molar-refractivity contribution in [2.24, 2.45) is 5.41 Å². The van der Waals surface area contributed by atoms with Crippen LogP contribution in [0, 0.1) is 16.7 Å². The number of H-pyrrole nitrogens is 1. The van der Waals surface area contributed by atoms with E-state index >= 15 is 0 Å². The van der Waals surface area contributed by atoms with Gasteiger partial charge in [0.05, 0.1) is 17.0 Å². The zero-order valence-corrected chi connectivity index (χ0v) is 13.1. The van der Waals surface area contributed by atoms with Gasteiger partial charge in [-0.05, 0) is 32.0 Å². The number of nitrogens with one attached hydrogen (secondary N) is 1. The van der Waals surface area contributed by atoms with Gasteiger partial charge >= 0.3 is 0 Å². The summed E-state index contributed by atoms with van der Waals surface area (Å²) >= 11 is 0. The fourth-order valence-corrected chi connectivity index (χ4v) is 2.76. The molecule has 2 atom stereocenters. The summed E-state index contributed by atoms with van der Waals surface area (Å²) in [6, 6.07) is 9.29. The highest BCUT2D eigenvalue weighted by atomic mass is 16.5. The number of ketones is 1. The van der Waals surface area contributed by atoms with E-state index in [-0.39, 0.29) is 17.2 Å². The molecule has 122 valence electrons. The Hall–Kier alpha value is -2.98. The van der Waals surface area contributed by atoms with E-state index in [1.54, 1.807) is 26.0 Å². The molecule has 24 heavy (non-hydrogen) atoms. The molecule has 0 amide bonds. The SMILES string of the molecule is CC1(C)C(=O)c2ccc(C#N)cc2[C@H](Oc2ccc(=O)[nH]n2)[C@H]1O. The number of aromatic amines is 1. The van der Waals surface area contributed by atoms with Crippen LogP contribution in [-0.2, 0) is 0 Å². The Labute approximate surface area is 137 Å². The number of fused-ring (bicyclic) bond motifs is 1. The number of carbonyl (C=O) groups is 1. The van der Waals surface area contributed by atoms with Crippen molar-refractivity contribution >= 4 is 5.78 Å². The normalized spacial score (nSPS) is 21.7. The number of rotatable bonds is 2. The van der Waals surface area contributed by atoms with Crippen LogP contribution in [0.15, 0.2) is 35.1 Å². The average molecular weight is 325 g/mol. The molecule has 7 heteroatoms. The number of benzene rings is 1. The van der Waals surface area contributed by atoms with Crippen LogP contribution in [0.1, 0.15) is 41.4 Å². The second kappa shape index (κ2) is 5.58. The first-order valence-corrected chi connectivity index (χ1v) is 7.34. The van der Waals surface area contributed by atoms with Gasteiger partial charge < -0.3 is 9.84 Å². The van der Waals surface area contributed by atoms with E-state index in [0.29, 0.717) is 16.7 Å². The lowest BCUT2D eigenvalue weighted by molar-refractivity contribution is -0.0382. The van der Waals surface area contributed by atoms with E-state index in [1.807, 2.05) is 6.07 Å². The Balaban J connectivity index is 2.11. The lowest BCUT2D eigenvalue weighted by atomic mass is 9.69. The Morgan fingerprint density at radius 1 is 1.29 bits per heavy atom. The van der Waals surface area contributed by atoms with Gasteiger partial charge in [-0.15, -0.1) is 5.10 Å². The van der Waals surface area contributed by atoms with Crippen molar-refractivity contribution in [1.29, 1.82) is 5.26 Å². The Morgan fingerprint density at radius 3 is 2.67 bits per heavy atom. The van der Waals surface area contributed by atoms with E-state index in [1.165, 1.54) is 18.2 Å². The monoisotopic (exact) mass is 325 g/mol. The first kappa shape index (κ1) is 15.9. The number of hydrogen-bond donors (Lipinski definition) is 2. The fraction of sp³-hybridized carbons (Fsp3) is 0.294. The van der Waals surface area contributed by atoms with Gasteiger partial charge in [0.25, 0.3) is 5.56 Å². The number of hydrogen-bond acceptors (Lipinski definition) is 6. The van der Waals surface area contributed by atoms with Crippen molar-refractivity contribution in [3.8, 4) is 11.9 Å². The summed E-state index contributed by atoms with van der Waals surface area (Å²) in [7, 11) is 0. The second-order valence-corrected chi connectivity index (χ2v) is 6.21. The molecule has 3 rings (SSSR count). The van der Waals surface area contributed by atoms with E-state index in [4.69, 9.17) is 10.00 Å². The predicted molar refractivity (Wildman–Crippen MR) is 83.5 cm³/mol. The van der Waals surface area contributed by atoms with Crippen LogP contribution in [0.4, 0.5) is 0 Å². The molecule has 1 aliphatic carbocycles. The maximum absolute atomic E-state index is 12.6. The van der Waals surface area contributed by atoms with Crippen molar-refractivity contribution < 1.29 is 14.6 Å².